The maximum atomic E-state index is 12.2. The smallest absolute Gasteiger partial charge is 0.348 e. The van der Waals surface area contributed by atoms with Crippen LogP contribution in [0.15, 0.2) is 35.3 Å². The molecule has 3 rings (SSSR count). The summed E-state index contributed by atoms with van der Waals surface area (Å²) in [4.78, 5) is 30.4. The summed E-state index contributed by atoms with van der Waals surface area (Å²) in [6.45, 7) is 5.97. The molecule has 3 aromatic heterocycles. The highest BCUT2D eigenvalue weighted by molar-refractivity contribution is 7.14. The lowest BCUT2D eigenvalue weighted by Crippen LogP contribution is -2.16. The van der Waals surface area contributed by atoms with E-state index in [9.17, 15) is 9.59 Å². The van der Waals surface area contributed by atoms with E-state index in [4.69, 9.17) is 4.74 Å². The number of esters is 1. The van der Waals surface area contributed by atoms with Gasteiger partial charge in [-0.05, 0) is 49.6 Å². The van der Waals surface area contributed by atoms with Crippen molar-refractivity contribution in [3.63, 3.8) is 0 Å². The van der Waals surface area contributed by atoms with Gasteiger partial charge in [-0.1, -0.05) is 6.92 Å². The van der Waals surface area contributed by atoms with Gasteiger partial charge in [-0.3, -0.25) is 9.20 Å². The van der Waals surface area contributed by atoms with Crippen LogP contribution in [0, 0.1) is 13.8 Å². The average Bonchev–Trinajstić information content (AvgIpc) is 2.93. The summed E-state index contributed by atoms with van der Waals surface area (Å²) in [6, 6.07) is 6.93. The number of carbonyl (C=O) groups excluding carboxylic acids is 1. The van der Waals surface area contributed by atoms with Crippen LogP contribution in [0.1, 0.15) is 38.3 Å². The van der Waals surface area contributed by atoms with Gasteiger partial charge in [0.05, 0.1) is 5.69 Å². The molecule has 0 aliphatic rings. The molecule has 3 heterocycles. The summed E-state index contributed by atoms with van der Waals surface area (Å²) in [7, 11) is 0. The van der Waals surface area contributed by atoms with Crippen molar-refractivity contribution in [1.82, 2.24) is 9.38 Å². The van der Waals surface area contributed by atoms with E-state index in [0.29, 0.717) is 16.2 Å². The minimum absolute atomic E-state index is 0.0169. The van der Waals surface area contributed by atoms with Crippen LogP contribution in [0.2, 0.25) is 0 Å². The van der Waals surface area contributed by atoms with Crippen molar-refractivity contribution in [2.75, 3.05) is 0 Å². The predicted octanol–water partition coefficient (Wildman–Crippen LogP) is 3.29. The summed E-state index contributed by atoms with van der Waals surface area (Å²) >= 11 is 1.43. The molecular formula is C18H18N2O3S. The fraction of sp³-hybridized carbons (Fsp3) is 0.278. The van der Waals surface area contributed by atoms with Crippen LogP contribution in [-0.4, -0.2) is 15.4 Å². The van der Waals surface area contributed by atoms with Crippen molar-refractivity contribution in [1.29, 1.82) is 0 Å². The molecule has 0 bridgehead atoms. The highest BCUT2D eigenvalue weighted by atomic mass is 32.1. The van der Waals surface area contributed by atoms with Crippen LogP contribution < -0.4 is 5.56 Å². The van der Waals surface area contributed by atoms with Crippen LogP contribution in [-0.2, 0) is 17.8 Å². The topological polar surface area (TPSA) is 60.7 Å². The predicted molar refractivity (Wildman–Crippen MR) is 93.8 cm³/mol. The Kier molecular flexibility index (Phi) is 4.49. The first-order valence-electron chi connectivity index (χ1n) is 7.73. The largest absolute Gasteiger partial charge is 0.455 e. The van der Waals surface area contributed by atoms with E-state index in [1.807, 2.05) is 32.0 Å². The summed E-state index contributed by atoms with van der Waals surface area (Å²) in [5.74, 6) is -0.381. The molecule has 0 atom stereocenters. The SMILES string of the molecule is CCc1cc(C(=O)OCc2cc(=O)n3ccc(C)cc3n2)sc1C. The van der Waals surface area contributed by atoms with Gasteiger partial charge < -0.3 is 4.74 Å². The lowest BCUT2D eigenvalue weighted by Gasteiger charge is -2.05. The van der Waals surface area contributed by atoms with Gasteiger partial charge in [0.1, 0.15) is 17.1 Å². The Balaban J connectivity index is 1.79. The number of thiophene rings is 1. The number of aromatic nitrogens is 2. The molecular weight excluding hydrogens is 324 g/mol. The van der Waals surface area contributed by atoms with Crippen molar-refractivity contribution < 1.29 is 9.53 Å². The summed E-state index contributed by atoms with van der Waals surface area (Å²) < 4.78 is 6.79. The number of carbonyl (C=O) groups is 1. The van der Waals surface area contributed by atoms with Gasteiger partial charge in [0.2, 0.25) is 0 Å². The maximum absolute atomic E-state index is 12.2. The Hall–Kier alpha value is -2.47. The molecule has 5 nitrogen and oxygen atoms in total. The van der Waals surface area contributed by atoms with E-state index in [1.54, 1.807) is 6.20 Å². The van der Waals surface area contributed by atoms with Gasteiger partial charge in [-0.15, -0.1) is 11.3 Å². The van der Waals surface area contributed by atoms with E-state index in [1.165, 1.54) is 21.8 Å². The molecule has 0 aliphatic carbocycles. The van der Waals surface area contributed by atoms with Crippen LogP contribution in [0.25, 0.3) is 5.65 Å². The van der Waals surface area contributed by atoms with E-state index < -0.39 is 0 Å². The minimum atomic E-state index is -0.381. The first kappa shape index (κ1) is 16.4. The Morgan fingerprint density at radius 2 is 2.08 bits per heavy atom. The van der Waals surface area contributed by atoms with Crippen molar-refractivity contribution in [3.05, 3.63) is 67.4 Å². The fourth-order valence-corrected chi connectivity index (χ4v) is 3.52. The molecule has 0 aliphatic heterocycles. The van der Waals surface area contributed by atoms with Gasteiger partial charge in [-0.25, -0.2) is 9.78 Å². The quantitative estimate of drug-likeness (QED) is 0.683. The maximum Gasteiger partial charge on any atom is 0.348 e. The average molecular weight is 342 g/mol. The molecule has 0 aromatic carbocycles. The zero-order valence-corrected chi connectivity index (χ0v) is 14.6. The van der Waals surface area contributed by atoms with Gasteiger partial charge in [-0.2, -0.15) is 0 Å². The van der Waals surface area contributed by atoms with Crippen LogP contribution in [0.5, 0.6) is 0 Å². The molecule has 0 spiro atoms. The van der Waals surface area contributed by atoms with E-state index in [2.05, 4.69) is 11.9 Å². The Bertz CT molecular complexity index is 972. The van der Waals surface area contributed by atoms with Gasteiger partial charge in [0.15, 0.2) is 0 Å². The van der Waals surface area contributed by atoms with Crippen molar-refractivity contribution in [3.8, 4) is 0 Å². The second-order valence-electron chi connectivity index (χ2n) is 5.64. The zero-order valence-electron chi connectivity index (χ0n) is 13.8. The molecule has 124 valence electrons. The lowest BCUT2D eigenvalue weighted by atomic mass is 10.2. The van der Waals surface area contributed by atoms with Crippen LogP contribution in [0.4, 0.5) is 0 Å². The number of hydrogen-bond acceptors (Lipinski definition) is 5. The Morgan fingerprint density at radius 3 is 2.79 bits per heavy atom. The first-order valence-corrected chi connectivity index (χ1v) is 8.55. The molecule has 0 amide bonds. The molecule has 0 saturated carbocycles. The third-order valence-electron chi connectivity index (χ3n) is 3.83. The molecule has 3 aromatic rings. The molecule has 0 N–H and O–H groups in total. The molecule has 0 radical (unpaired) electrons. The van der Waals surface area contributed by atoms with Crippen molar-refractivity contribution in [2.24, 2.45) is 0 Å². The number of rotatable bonds is 4. The number of nitrogens with zero attached hydrogens (tertiary/aromatic N) is 2. The second kappa shape index (κ2) is 6.57. The van der Waals surface area contributed by atoms with Gasteiger partial charge in [0.25, 0.3) is 5.56 Å². The van der Waals surface area contributed by atoms with Crippen molar-refractivity contribution >= 4 is 23.0 Å². The fourth-order valence-electron chi connectivity index (χ4n) is 2.51. The van der Waals surface area contributed by atoms with E-state index in [0.717, 1.165) is 22.4 Å². The highest BCUT2D eigenvalue weighted by Crippen LogP contribution is 2.23. The third-order valence-corrected chi connectivity index (χ3v) is 4.90. The zero-order chi connectivity index (χ0) is 17.3. The highest BCUT2D eigenvalue weighted by Gasteiger charge is 2.14. The van der Waals surface area contributed by atoms with Crippen LogP contribution >= 0.6 is 11.3 Å². The molecule has 0 saturated heterocycles. The number of hydrogen-bond donors (Lipinski definition) is 0. The van der Waals surface area contributed by atoms with Gasteiger partial charge >= 0.3 is 5.97 Å². The molecule has 0 unspecified atom stereocenters. The number of fused-ring (bicyclic) bond motifs is 1. The normalized spacial score (nSPS) is 11.0. The summed E-state index contributed by atoms with van der Waals surface area (Å²) in [6.07, 6.45) is 2.58. The first-order chi connectivity index (χ1) is 11.5. The Morgan fingerprint density at radius 1 is 1.29 bits per heavy atom. The minimum Gasteiger partial charge on any atom is -0.455 e. The third kappa shape index (κ3) is 3.23. The van der Waals surface area contributed by atoms with E-state index >= 15 is 0 Å². The van der Waals surface area contributed by atoms with Crippen molar-refractivity contribution in [2.45, 2.75) is 33.8 Å². The standard InChI is InChI=1S/C18H18N2O3S/c1-4-13-8-15(24-12(13)3)18(22)23-10-14-9-17(21)20-6-5-11(2)7-16(20)19-14/h5-9H,4,10H2,1-3H3. The number of pyridine rings is 1. The number of aryl methyl sites for hydroxylation is 3. The summed E-state index contributed by atoms with van der Waals surface area (Å²) in [5, 5.41) is 0. The monoisotopic (exact) mass is 342 g/mol. The lowest BCUT2D eigenvalue weighted by molar-refractivity contribution is 0.0473. The summed E-state index contributed by atoms with van der Waals surface area (Å²) in [5.41, 5.74) is 2.98. The Labute approximate surface area is 143 Å². The molecule has 24 heavy (non-hydrogen) atoms. The molecule has 6 heteroatoms. The van der Waals surface area contributed by atoms with Crippen LogP contribution in [0.3, 0.4) is 0 Å². The second-order valence-corrected chi connectivity index (χ2v) is 6.90. The molecule has 0 fully saturated rings. The van der Waals surface area contributed by atoms with Gasteiger partial charge in [0, 0.05) is 17.1 Å². The number of ether oxygens (including phenoxy) is 1. The van der Waals surface area contributed by atoms with E-state index in [-0.39, 0.29) is 18.1 Å².